The molecule has 0 atom stereocenters. The van der Waals surface area contributed by atoms with Crippen molar-refractivity contribution >= 4 is 28.9 Å². The minimum atomic E-state index is -4.43. The molecule has 4 nitrogen and oxygen atoms in total. The summed E-state index contributed by atoms with van der Waals surface area (Å²) in [6.07, 6.45) is -4.43. The Labute approximate surface area is 141 Å². The molecule has 0 fully saturated rings. The first kappa shape index (κ1) is 18.1. The SMILES string of the molecule is O=C(Nc1ccc(C(F)(F)F)cc1)c1cccc(NCCO)c1Cl. The maximum Gasteiger partial charge on any atom is 0.416 e. The summed E-state index contributed by atoms with van der Waals surface area (Å²) in [5.41, 5.74) is 0.0665. The average Bonchev–Trinajstić information content (AvgIpc) is 2.53. The number of halogens is 4. The predicted molar refractivity (Wildman–Crippen MR) is 86.4 cm³/mol. The highest BCUT2D eigenvalue weighted by Crippen LogP contribution is 2.30. The van der Waals surface area contributed by atoms with Gasteiger partial charge in [0, 0.05) is 12.2 Å². The van der Waals surface area contributed by atoms with Crippen molar-refractivity contribution < 1.29 is 23.1 Å². The minimum absolute atomic E-state index is 0.0989. The van der Waals surface area contributed by atoms with Crippen LogP contribution in [-0.2, 0) is 6.18 Å². The van der Waals surface area contributed by atoms with Gasteiger partial charge in [-0.15, -0.1) is 0 Å². The molecule has 128 valence electrons. The summed E-state index contributed by atoms with van der Waals surface area (Å²) < 4.78 is 37.5. The molecule has 24 heavy (non-hydrogen) atoms. The summed E-state index contributed by atoms with van der Waals surface area (Å²) in [6, 6.07) is 8.85. The molecule has 2 rings (SSSR count). The molecule has 1 amide bonds. The van der Waals surface area contributed by atoms with Gasteiger partial charge in [-0.1, -0.05) is 17.7 Å². The summed E-state index contributed by atoms with van der Waals surface area (Å²) in [5.74, 6) is -0.549. The first-order chi connectivity index (χ1) is 11.3. The van der Waals surface area contributed by atoms with E-state index in [0.29, 0.717) is 5.69 Å². The van der Waals surface area contributed by atoms with Crippen molar-refractivity contribution in [3.8, 4) is 0 Å². The zero-order valence-electron chi connectivity index (χ0n) is 12.3. The molecule has 0 aliphatic rings. The lowest BCUT2D eigenvalue weighted by Crippen LogP contribution is -2.14. The van der Waals surface area contributed by atoms with Crippen LogP contribution >= 0.6 is 11.6 Å². The molecule has 2 aromatic carbocycles. The van der Waals surface area contributed by atoms with Gasteiger partial charge in [-0.25, -0.2) is 0 Å². The van der Waals surface area contributed by atoms with E-state index in [1.165, 1.54) is 18.2 Å². The van der Waals surface area contributed by atoms with Crippen LogP contribution < -0.4 is 10.6 Å². The van der Waals surface area contributed by atoms with Gasteiger partial charge in [0.1, 0.15) is 0 Å². The fourth-order valence-corrected chi connectivity index (χ4v) is 2.25. The van der Waals surface area contributed by atoms with Crippen LogP contribution in [0.1, 0.15) is 15.9 Å². The number of carbonyl (C=O) groups excluding carboxylic acids is 1. The number of benzene rings is 2. The Balaban J connectivity index is 2.15. The topological polar surface area (TPSA) is 61.4 Å². The van der Waals surface area contributed by atoms with E-state index in [-0.39, 0.29) is 29.4 Å². The van der Waals surface area contributed by atoms with Crippen molar-refractivity contribution in [2.75, 3.05) is 23.8 Å². The molecular formula is C16H14ClF3N2O2. The molecule has 3 N–H and O–H groups in total. The third-order valence-corrected chi connectivity index (χ3v) is 3.55. The van der Waals surface area contributed by atoms with E-state index in [9.17, 15) is 18.0 Å². The van der Waals surface area contributed by atoms with E-state index < -0.39 is 17.6 Å². The van der Waals surface area contributed by atoms with Crippen molar-refractivity contribution in [3.05, 3.63) is 58.6 Å². The quantitative estimate of drug-likeness (QED) is 0.756. The molecule has 2 aromatic rings. The van der Waals surface area contributed by atoms with Gasteiger partial charge in [0.25, 0.3) is 5.91 Å². The number of nitrogens with one attached hydrogen (secondary N) is 2. The smallest absolute Gasteiger partial charge is 0.395 e. The first-order valence-corrected chi connectivity index (χ1v) is 7.32. The molecular weight excluding hydrogens is 345 g/mol. The number of aliphatic hydroxyl groups is 1. The molecule has 0 heterocycles. The van der Waals surface area contributed by atoms with Crippen LogP contribution in [0.4, 0.5) is 24.5 Å². The number of carbonyl (C=O) groups is 1. The number of hydrogen-bond donors (Lipinski definition) is 3. The van der Waals surface area contributed by atoms with Crippen molar-refractivity contribution in [2.45, 2.75) is 6.18 Å². The fraction of sp³-hybridized carbons (Fsp3) is 0.188. The molecule has 0 saturated heterocycles. The number of anilines is 2. The van der Waals surface area contributed by atoms with Gasteiger partial charge < -0.3 is 15.7 Å². The number of alkyl halides is 3. The normalized spacial score (nSPS) is 11.2. The van der Waals surface area contributed by atoms with Crippen LogP contribution in [0.5, 0.6) is 0 Å². The van der Waals surface area contributed by atoms with Gasteiger partial charge >= 0.3 is 6.18 Å². The lowest BCUT2D eigenvalue weighted by molar-refractivity contribution is -0.137. The zero-order chi connectivity index (χ0) is 17.7. The fourth-order valence-electron chi connectivity index (χ4n) is 1.98. The molecule has 0 unspecified atom stereocenters. The van der Waals surface area contributed by atoms with Gasteiger partial charge in [0.2, 0.25) is 0 Å². The number of amides is 1. The second-order valence-electron chi connectivity index (χ2n) is 4.85. The van der Waals surface area contributed by atoms with E-state index in [1.807, 2.05) is 0 Å². The molecule has 0 radical (unpaired) electrons. The standard InChI is InChI=1S/C16H14ClF3N2O2/c17-14-12(2-1-3-13(14)21-8-9-23)15(24)22-11-6-4-10(5-7-11)16(18,19)20/h1-7,21,23H,8-9H2,(H,22,24). The molecule has 8 heteroatoms. The number of aliphatic hydroxyl groups excluding tert-OH is 1. The summed E-state index contributed by atoms with van der Waals surface area (Å²) in [4.78, 5) is 12.2. The Morgan fingerprint density at radius 1 is 1.12 bits per heavy atom. The molecule has 0 aliphatic carbocycles. The van der Waals surface area contributed by atoms with Crippen LogP contribution in [0, 0.1) is 0 Å². The van der Waals surface area contributed by atoms with Crippen LogP contribution in [0.3, 0.4) is 0 Å². The van der Waals surface area contributed by atoms with Gasteiger partial charge in [0.05, 0.1) is 28.4 Å². The molecule has 0 aromatic heterocycles. The predicted octanol–water partition coefficient (Wildman–Crippen LogP) is 4.02. The second kappa shape index (κ2) is 7.55. The minimum Gasteiger partial charge on any atom is -0.395 e. The Morgan fingerprint density at radius 2 is 1.79 bits per heavy atom. The van der Waals surface area contributed by atoms with Crippen LogP contribution in [0.25, 0.3) is 0 Å². The third-order valence-electron chi connectivity index (χ3n) is 3.14. The largest absolute Gasteiger partial charge is 0.416 e. The third kappa shape index (κ3) is 4.39. The van der Waals surface area contributed by atoms with E-state index in [1.54, 1.807) is 12.1 Å². The zero-order valence-corrected chi connectivity index (χ0v) is 13.1. The second-order valence-corrected chi connectivity index (χ2v) is 5.22. The molecule has 0 aliphatic heterocycles. The molecule has 0 bridgehead atoms. The van der Waals surface area contributed by atoms with Crippen molar-refractivity contribution in [3.63, 3.8) is 0 Å². The lowest BCUT2D eigenvalue weighted by Gasteiger charge is -2.12. The van der Waals surface area contributed by atoms with E-state index in [2.05, 4.69) is 10.6 Å². The summed E-state index contributed by atoms with van der Waals surface area (Å²) in [7, 11) is 0. The lowest BCUT2D eigenvalue weighted by atomic mass is 10.1. The van der Waals surface area contributed by atoms with Gasteiger partial charge in [-0.3, -0.25) is 4.79 Å². The number of hydrogen-bond acceptors (Lipinski definition) is 3. The summed E-state index contributed by atoms with van der Waals surface area (Å²) in [5, 5.41) is 14.3. The van der Waals surface area contributed by atoms with E-state index in [0.717, 1.165) is 12.1 Å². The van der Waals surface area contributed by atoms with Gasteiger partial charge in [-0.05, 0) is 36.4 Å². The molecule has 0 saturated carbocycles. The van der Waals surface area contributed by atoms with Crippen LogP contribution in [0.15, 0.2) is 42.5 Å². The van der Waals surface area contributed by atoms with Crippen molar-refractivity contribution in [2.24, 2.45) is 0 Å². The van der Waals surface area contributed by atoms with Gasteiger partial charge in [0.15, 0.2) is 0 Å². The average molecular weight is 359 g/mol. The summed E-state index contributed by atoms with van der Waals surface area (Å²) in [6.45, 7) is 0.169. The highest BCUT2D eigenvalue weighted by atomic mass is 35.5. The maximum atomic E-state index is 12.5. The molecule has 0 spiro atoms. The van der Waals surface area contributed by atoms with Crippen molar-refractivity contribution in [1.82, 2.24) is 0 Å². The number of rotatable bonds is 5. The highest BCUT2D eigenvalue weighted by Gasteiger charge is 2.30. The van der Waals surface area contributed by atoms with Crippen LogP contribution in [0.2, 0.25) is 5.02 Å². The Morgan fingerprint density at radius 3 is 2.38 bits per heavy atom. The highest BCUT2D eigenvalue weighted by molar-refractivity contribution is 6.37. The van der Waals surface area contributed by atoms with Gasteiger partial charge in [-0.2, -0.15) is 13.2 Å². The first-order valence-electron chi connectivity index (χ1n) is 6.95. The Kier molecular flexibility index (Phi) is 5.69. The maximum absolute atomic E-state index is 12.5. The Hall–Kier alpha value is -2.25. The van der Waals surface area contributed by atoms with Crippen LogP contribution in [-0.4, -0.2) is 24.2 Å². The summed E-state index contributed by atoms with van der Waals surface area (Å²) >= 11 is 6.14. The Bertz CT molecular complexity index is 718. The van der Waals surface area contributed by atoms with E-state index >= 15 is 0 Å². The monoisotopic (exact) mass is 358 g/mol. The van der Waals surface area contributed by atoms with Crippen molar-refractivity contribution in [1.29, 1.82) is 0 Å². The van der Waals surface area contributed by atoms with E-state index in [4.69, 9.17) is 16.7 Å².